The van der Waals surface area contributed by atoms with Gasteiger partial charge in [0.25, 0.3) is 0 Å². The SMILES string of the molecule is CC(C)c1cc(C#N)cc(C2CC2)c1CC(=O)N=[S-](=O)c1ccc(CN(C)C)cc1. The highest BCUT2D eigenvalue weighted by atomic mass is 32.2. The van der Waals surface area contributed by atoms with Crippen LogP contribution in [0.2, 0.25) is 0 Å². The molecular formula is C24H28N3O2S-. The smallest absolute Gasteiger partial charge is 0.227 e. The van der Waals surface area contributed by atoms with Crippen LogP contribution in [0.4, 0.5) is 0 Å². The van der Waals surface area contributed by atoms with Gasteiger partial charge in [-0.3, -0.25) is 4.79 Å². The van der Waals surface area contributed by atoms with Gasteiger partial charge in [-0.05, 0) is 73.2 Å². The van der Waals surface area contributed by atoms with Gasteiger partial charge in [-0.1, -0.05) is 43.0 Å². The van der Waals surface area contributed by atoms with Crippen LogP contribution in [0.1, 0.15) is 66.3 Å². The Morgan fingerprint density at radius 1 is 1.23 bits per heavy atom. The molecule has 1 amide bonds. The van der Waals surface area contributed by atoms with Gasteiger partial charge >= 0.3 is 0 Å². The molecule has 0 spiro atoms. The molecule has 0 saturated heterocycles. The van der Waals surface area contributed by atoms with E-state index in [1.165, 1.54) is 0 Å². The van der Waals surface area contributed by atoms with Gasteiger partial charge in [0.2, 0.25) is 5.91 Å². The van der Waals surface area contributed by atoms with E-state index < -0.39 is 10.6 Å². The third kappa shape index (κ3) is 5.56. The van der Waals surface area contributed by atoms with Crippen molar-refractivity contribution in [2.24, 2.45) is 4.36 Å². The molecule has 6 heteroatoms. The lowest BCUT2D eigenvalue weighted by Gasteiger charge is -2.18. The summed E-state index contributed by atoms with van der Waals surface area (Å²) >= 11 is 0. The predicted molar refractivity (Wildman–Crippen MR) is 119 cm³/mol. The lowest BCUT2D eigenvalue weighted by atomic mass is 9.87. The average molecular weight is 423 g/mol. The highest BCUT2D eigenvalue weighted by Crippen LogP contribution is 2.44. The van der Waals surface area contributed by atoms with Crippen molar-refractivity contribution in [2.45, 2.75) is 56.4 Å². The summed E-state index contributed by atoms with van der Waals surface area (Å²) in [7, 11) is 2.26. The van der Waals surface area contributed by atoms with Crippen LogP contribution in [0.5, 0.6) is 0 Å². The first-order valence-electron chi connectivity index (χ1n) is 10.3. The van der Waals surface area contributed by atoms with Crippen molar-refractivity contribution in [2.75, 3.05) is 14.1 Å². The van der Waals surface area contributed by atoms with Gasteiger partial charge in [-0.15, -0.1) is 0 Å². The van der Waals surface area contributed by atoms with Crippen molar-refractivity contribution in [1.29, 1.82) is 5.26 Å². The summed E-state index contributed by atoms with van der Waals surface area (Å²) in [5, 5.41) is 9.38. The summed E-state index contributed by atoms with van der Waals surface area (Å²) in [6.07, 6.45) is 2.28. The first-order chi connectivity index (χ1) is 14.3. The van der Waals surface area contributed by atoms with Gasteiger partial charge in [0, 0.05) is 6.54 Å². The van der Waals surface area contributed by atoms with Gasteiger partial charge in [-0.25, -0.2) is 0 Å². The van der Waals surface area contributed by atoms with E-state index in [0.29, 0.717) is 16.4 Å². The van der Waals surface area contributed by atoms with Crippen molar-refractivity contribution in [3.05, 3.63) is 64.2 Å². The molecule has 30 heavy (non-hydrogen) atoms. The maximum atomic E-state index is 12.7. The molecule has 0 aliphatic heterocycles. The number of hydrogen-bond donors (Lipinski definition) is 0. The third-order valence-electron chi connectivity index (χ3n) is 5.22. The lowest BCUT2D eigenvalue weighted by Crippen LogP contribution is -2.10. The Morgan fingerprint density at radius 2 is 1.90 bits per heavy atom. The van der Waals surface area contributed by atoms with E-state index in [1.54, 1.807) is 12.1 Å². The number of carbonyl (C=O) groups is 1. The molecule has 0 aromatic heterocycles. The van der Waals surface area contributed by atoms with Crippen LogP contribution >= 0.6 is 0 Å². The van der Waals surface area contributed by atoms with E-state index in [0.717, 1.165) is 41.6 Å². The highest BCUT2D eigenvalue weighted by Gasteiger charge is 2.28. The number of benzene rings is 2. The molecule has 1 aliphatic rings. The molecule has 0 heterocycles. The third-order valence-corrected chi connectivity index (χ3v) is 6.27. The van der Waals surface area contributed by atoms with Crippen LogP contribution in [0, 0.1) is 11.3 Å². The summed E-state index contributed by atoms with van der Waals surface area (Å²) in [4.78, 5) is 15.3. The van der Waals surface area contributed by atoms with Gasteiger partial charge < -0.3 is 13.5 Å². The minimum absolute atomic E-state index is 0.121. The van der Waals surface area contributed by atoms with Gasteiger partial charge in [0.15, 0.2) is 0 Å². The quantitative estimate of drug-likeness (QED) is 0.595. The van der Waals surface area contributed by atoms with Crippen molar-refractivity contribution < 1.29 is 9.00 Å². The van der Waals surface area contributed by atoms with Crippen LogP contribution in [0.15, 0.2) is 45.7 Å². The van der Waals surface area contributed by atoms with E-state index >= 15 is 0 Å². The van der Waals surface area contributed by atoms with Crippen LogP contribution in [0.25, 0.3) is 0 Å². The molecule has 0 atom stereocenters. The number of hydrogen-bond acceptors (Lipinski definition) is 5. The van der Waals surface area contributed by atoms with E-state index in [1.807, 2.05) is 38.4 Å². The second kappa shape index (κ2) is 9.55. The maximum Gasteiger partial charge on any atom is 0.227 e. The predicted octanol–water partition coefficient (Wildman–Crippen LogP) is 4.90. The molecule has 2 aromatic carbocycles. The van der Waals surface area contributed by atoms with E-state index in [2.05, 4.69) is 29.2 Å². The monoisotopic (exact) mass is 422 g/mol. The molecule has 0 bridgehead atoms. The normalized spacial score (nSPS) is 14.8. The summed E-state index contributed by atoms with van der Waals surface area (Å²) < 4.78 is 16.6. The lowest BCUT2D eigenvalue weighted by molar-refractivity contribution is -0.117. The largest absolute Gasteiger partial charge is 0.440 e. The number of amides is 1. The molecular weight excluding hydrogens is 394 g/mol. The molecule has 1 aliphatic carbocycles. The van der Waals surface area contributed by atoms with Crippen LogP contribution in [-0.2, 0) is 32.6 Å². The second-order valence-corrected chi connectivity index (χ2v) is 9.62. The average Bonchev–Trinajstić information content (AvgIpc) is 3.53. The van der Waals surface area contributed by atoms with Crippen molar-refractivity contribution in [3.63, 3.8) is 0 Å². The first kappa shape index (κ1) is 22.2. The molecule has 0 radical (unpaired) electrons. The highest BCUT2D eigenvalue weighted by molar-refractivity contribution is 7.75. The van der Waals surface area contributed by atoms with E-state index in [9.17, 15) is 14.3 Å². The maximum absolute atomic E-state index is 12.7. The molecule has 1 fully saturated rings. The molecule has 0 unspecified atom stereocenters. The zero-order valence-corrected chi connectivity index (χ0v) is 18.8. The number of nitrogens with zero attached hydrogens (tertiary/aromatic N) is 3. The van der Waals surface area contributed by atoms with Crippen LogP contribution in [-0.4, -0.2) is 24.9 Å². The number of nitriles is 1. The standard InChI is InChI=1S/C24H28N3O2S/c1-16(2)21-11-18(14-25)12-22(19-7-8-19)23(21)13-24(28)26-30(29)20-9-5-17(6-10-20)15-27(3)4/h5-6,9-12,16,19H,7-8,13,15H2,1-4H3/q-1. The Labute approximate surface area is 180 Å². The Balaban J connectivity index is 1.85. The Bertz CT molecular complexity index is 1030. The summed E-state index contributed by atoms with van der Waals surface area (Å²) in [5.74, 6) is 0.209. The summed E-state index contributed by atoms with van der Waals surface area (Å²) in [5.41, 5.74) is 4.80. The molecule has 2 aromatic rings. The fourth-order valence-corrected chi connectivity index (χ4v) is 4.39. The van der Waals surface area contributed by atoms with Crippen molar-refractivity contribution in [1.82, 2.24) is 4.90 Å². The van der Waals surface area contributed by atoms with E-state index in [4.69, 9.17) is 0 Å². The van der Waals surface area contributed by atoms with Gasteiger partial charge in [-0.2, -0.15) is 15.9 Å². The van der Waals surface area contributed by atoms with Crippen LogP contribution in [0.3, 0.4) is 0 Å². The molecule has 5 nitrogen and oxygen atoms in total. The molecule has 158 valence electrons. The Kier molecular flexibility index (Phi) is 7.06. The fraction of sp³-hybridized carbons (Fsp3) is 0.417. The van der Waals surface area contributed by atoms with E-state index in [-0.39, 0.29) is 18.2 Å². The number of rotatable bonds is 7. The second-order valence-electron chi connectivity index (χ2n) is 8.47. The van der Waals surface area contributed by atoms with Crippen molar-refractivity contribution in [3.8, 4) is 6.07 Å². The first-order valence-corrected chi connectivity index (χ1v) is 11.4. The fourth-order valence-electron chi connectivity index (χ4n) is 3.67. The molecule has 1 saturated carbocycles. The number of carbonyl (C=O) groups excluding carboxylic acids is 1. The minimum atomic E-state index is -1.72. The zero-order chi connectivity index (χ0) is 21.8. The van der Waals surface area contributed by atoms with Gasteiger partial charge in [0.05, 0.1) is 18.1 Å². The Hall–Kier alpha value is -2.49. The topological polar surface area (TPSA) is 73.5 Å². The van der Waals surface area contributed by atoms with Gasteiger partial charge in [0.1, 0.15) is 0 Å². The summed E-state index contributed by atoms with van der Waals surface area (Å²) in [6.45, 7) is 4.92. The Morgan fingerprint density at radius 3 is 2.43 bits per heavy atom. The van der Waals surface area contributed by atoms with Crippen LogP contribution < -0.4 is 0 Å². The molecule has 3 rings (SSSR count). The summed E-state index contributed by atoms with van der Waals surface area (Å²) in [6, 6.07) is 13.4. The molecule has 0 N–H and O–H groups in total. The zero-order valence-electron chi connectivity index (χ0n) is 18.0. The minimum Gasteiger partial charge on any atom is -0.440 e. The van der Waals surface area contributed by atoms with Crippen molar-refractivity contribution >= 4 is 16.5 Å².